The fourth-order valence-electron chi connectivity index (χ4n) is 2.44. The average molecular weight is 325 g/mol. The van der Waals surface area contributed by atoms with Gasteiger partial charge >= 0.3 is 0 Å². The summed E-state index contributed by atoms with van der Waals surface area (Å²) in [4.78, 5) is 0. The number of benzene rings is 1. The van der Waals surface area contributed by atoms with Crippen molar-refractivity contribution in [3.05, 3.63) is 29.8 Å². The van der Waals surface area contributed by atoms with Crippen molar-refractivity contribution < 1.29 is 4.74 Å². The minimum atomic E-state index is 0.254. The van der Waals surface area contributed by atoms with Gasteiger partial charge in [0.25, 0.3) is 0 Å². The molecule has 0 saturated heterocycles. The van der Waals surface area contributed by atoms with Crippen LogP contribution in [0.4, 0.5) is 0 Å². The van der Waals surface area contributed by atoms with Gasteiger partial charge in [-0.05, 0) is 42.4 Å². The first-order valence-electron chi connectivity index (χ1n) is 7.31. The molecule has 1 nitrogen and oxygen atoms in total. The third-order valence-corrected chi connectivity index (χ3v) is 5.95. The first kappa shape index (κ1) is 14.9. The number of hydrogen-bond donors (Lipinski definition) is 0. The fourth-order valence-corrected chi connectivity index (χ4v) is 3.16. The van der Waals surface area contributed by atoms with Crippen LogP contribution in [-0.2, 0) is 5.41 Å². The molecule has 0 aliphatic heterocycles. The zero-order valence-electron chi connectivity index (χ0n) is 12.3. The van der Waals surface area contributed by atoms with E-state index in [1.54, 1.807) is 0 Å². The first-order chi connectivity index (χ1) is 9.01. The molecular formula is C17H25BrO. The monoisotopic (exact) mass is 324 g/mol. The van der Waals surface area contributed by atoms with E-state index in [1.165, 1.54) is 24.8 Å². The highest BCUT2D eigenvalue weighted by Crippen LogP contribution is 2.42. The fraction of sp³-hybridized carbons (Fsp3) is 0.647. The molecule has 2 heteroatoms. The summed E-state index contributed by atoms with van der Waals surface area (Å²) in [5.74, 6) is 1.00. The van der Waals surface area contributed by atoms with Crippen molar-refractivity contribution in [2.75, 3.05) is 11.9 Å². The van der Waals surface area contributed by atoms with Crippen LogP contribution in [0.2, 0.25) is 0 Å². The third-order valence-electron chi connectivity index (χ3n) is 4.76. The van der Waals surface area contributed by atoms with Gasteiger partial charge < -0.3 is 4.74 Å². The predicted octanol–water partition coefficient (Wildman–Crippen LogP) is 5.32. The summed E-state index contributed by atoms with van der Waals surface area (Å²) < 4.78 is 5.98. The summed E-state index contributed by atoms with van der Waals surface area (Å²) in [6.07, 6.45) is 5.08. The third kappa shape index (κ3) is 3.34. The van der Waals surface area contributed by atoms with Crippen molar-refractivity contribution in [3.8, 4) is 5.75 Å². The summed E-state index contributed by atoms with van der Waals surface area (Å²) in [5.41, 5.74) is 2.03. The van der Waals surface area contributed by atoms with Gasteiger partial charge in [-0.1, -0.05) is 55.3 Å². The normalized spacial score (nSPS) is 17.9. The molecule has 2 rings (SSSR count). The SMILES string of the molecule is CCC(C)(C)c1ccc(OCC2(CBr)CCC2)cc1. The molecular weight excluding hydrogens is 300 g/mol. The smallest absolute Gasteiger partial charge is 0.119 e. The highest BCUT2D eigenvalue weighted by molar-refractivity contribution is 9.09. The van der Waals surface area contributed by atoms with Crippen molar-refractivity contribution in [1.29, 1.82) is 0 Å². The predicted molar refractivity (Wildman–Crippen MR) is 85.3 cm³/mol. The van der Waals surface area contributed by atoms with E-state index in [1.807, 2.05) is 0 Å². The van der Waals surface area contributed by atoms with Gasteiger partial charge in [0.2, 0.25) is 0 Å². The van der Waals surface area contributed by atoms with Crippen LogP contribution < -0.4 is 4.74 Å². The number of hydrogen-bond acceptors (Lipinski definition) is 1. The van der Waals surface area contributed by atoms with Gasteiger partial charge in [0.1, 0.15) is 5.75 Å². The Hall–Kier alpha value is -0.500. The molecule has 0 heterocycles. The van der Waals surface area contributed by atoms with E-state index in [0.717, 1.165) is 24.1 Å². The Morgan fingerprint density at radius 2 is 1.84 bits per heavy atom. The maximum absolute atomic E-state index is 5.98. The van der Waals surface area contributed by atoms with Gasteiger partial charge in [0, 0.05) is 10.7 Å². The second kappa shape index (κ2) is 5.87. The van der Waals surface area contributed by atoms with Gasteiger partial charge in [-0.15, -0.1) is 0 Å². The first-order valence-corrected chi connectivity index (χ1v) is 8.43. The van der Waals surface area contributed by atoms with Gasteiger partial charge in [-0.3, -0.25) is 0 Å². The Kier molecular flexibility index (Phi) is 4.60. The summed E-state index contributed by atoms with van der Waals surface area (Å²) in [7, 11) is 0. The summed E-state index contributed by atoms with van der Waals surface area (Å²) in [5, 5.41) is 1.06. The molecule has 0 N–H and O–H groups in total. The van der Waals surface area contributed by atoms with Crippen molar-refractivity contribution in [1.82, 2.24) is 0 Å². The lowest BCUT2D eigenvalue weighted by atomic mass is 9.71. The molecule has 0 atom stereocenters. The summed E-state index contributed by atoms with van der Waals surface area (Å²) in [6.45, 7) is 7.66. The number of alkyl halides is 1. The van der Waals surface area contributed by atoms with Crippen LogP contribution in [0.15, 0.2) is 24.3 Å². The molecule has 0 radical (unpaired) electrons. The molecule has 0 unspecified atom stereocenters. The molecule has 1 aromatic carbocycles. The molecule has 1 aliphatic rings. The highest BCUT2D eigenvalue weighted by Gasteiger charge is 2.36. The van der Waals surface area contributed by atoms with E-state index in [-0.39, 0.29) is 5.41 Å². The van der Waals surface area contributed by atoms with Crippen LogP contribution in [-0.4, -0.2) is 11.9 Å². The van der Waals surface area contributed by atoms with E-state index in [4.69, 9.17) is 4.74 Å². The van der Waals surface area contributed by atoms with Crippen LogP contribution >= 0.6 is 15.9 Å². The number of ether oxygens (including phenoxy) is 1. The van der Waals surface area contributed by atoms with E-state index < -0.39 is 0 Å². The minimum Gasteiger partial charge on any atom is -0.493 e. The lowest BCUT2D eigenvalue weighted by Crippen LogP contribution is -2.37. The summed E-state index contributed by atoms with van der Waals surface area (Å²) >= 11 is 3.62. The second-order valence-electron chi connectivity index (χ2n) is 6.54. The van der Waals surface area contributed by atoms with Crippen molar-refractivity contribution in [2.24, 2.45) is 5.41 Å². The molecule has 1 aliphatic carbocycles. The van der Waals surface area contributed by atoms with E-state index in [9.17, 15) is 0 Å². The lowest BCUT2D eigenvalue weighted by Gasteiger charge is -2.40. The second-order valence-corrected chi connectivity index (χ2v) is 7.10. The van der Waals surface area contributed by atoms with E-state index in [2.05, 4.69) is 61.0 Å². The summed E-state index contributed by atoms with van der Waals surface area (Å²) in [6, 6.07) is 8.65. The molecule has 106 valence electrons. The van der Waals surface area contributed by atoms with E-state index in [0.29, 0.717) is 5.41 Å². The minimum absolute atomic E-state index is 0.254. The maximum atomic E-state index is 5.98. The van der Waals surface area contributed by atoms with Crippen LogP contribution in [0.3, 0.4) is 0 Å². The van der Waals surface area contributed by atoms with Crippen molar-refractivity contribution >= 4 is 15.9 Å². The Morgan fingerprint density at radius 3 is 2.26 bits per heavy atom. The molecule has 0 spiro atoms. The Balaban J connectivity index is 1.95. The Labute approximate surface area is 125 Å². The van der Waals surface area contributed by atoms with Gasteiger partial charge in [-0.25, -0.2) is 0 Å². The molecule has 1 fully saturated rings. The molecule has 0 amide bonds. The molecule has 19 heavy (non-hydrogen) atoms. The Bertz CT molecular complexity index is 398. The number of halogens is 1. The highest BCUT2D eigenvalue weighted by atomic mass is 79.9. The van der Waals surface area contributed by atoms with Gasteiger partial charge in [0.05, 0.1) is 6.61 Å². The van der Waals surface area contributed by atoms with Crippen molar-refractivity contribution in [2.45, 2.75) is 51.9 Å². The van der Waals surface area contributed by atoms with Crippen LogP contribution in [0.25, 0.3) is 0 Å². The number of rotatable bonds is 6. The van der Waals surface area contributed by atoms with Crippen LogP contribution in [0.1, 0.15) is 52.0 Å². The zero-order valence-corrected chi connectivity index (χ0v) is 13.9. The zero-order chi connectivity index (χ0) is 13.9. The standard InChI is InChI=1S/C17H25BrO/c1-4-16(2,3)14-6-8-15(9-7-14)19-13-17(12-18)10-5-11-17/h6-9H,4-5,10-13H2,1-3H3. The topological polar surface area (TPSA) is 9.23 Å². The quantitative estimate of drug-likeness (QED) is 0.643. The molecule has 1 aromatic rings. The van der Waals surface area contributed by atoms with Gasteiger partial charge in [-0.2, -0.15) is 0 Å². The molecule has 0 bridgehead atoms. The average Bonchev–Trinajstić information content (AvgIpc) is 2.38. The lowest BCUT2D eigenvalue weighted by molar-refractivity contribution is 0.0838. The molecule has 1 saturated carbocycles. The van der Waals surface area contributed by atoms with Crippen LogP contribution in [0, 0.1) is 5.41 Å². The largest absolute Gasteiger partial charge is 0.493 e. The van der Waals surface area contributed by atoms with Gasteiger partial charge in [0.15, 0.2) is 0 Å². The molecule has 0 aromatic heterocycles. The van der Waals surface area contributed by atoms with Crippen molar-refractivity contribution in [3.63, 3.8) is 0 Å². The van der Waals surface area contributed by atoms with E-state index >= 15 is 0 Å². The maximum Gasteiger partial charge on any atom is 0.119 e. The Morgan fingerprint density at radius 1 is 1.21 bits per heavy atom. The van der Waals surface area contributed by atoms with Crippen LogP contribution in [0.5, 0.6) is 5.75 Å².